The molecule has 2 aromatic rings. The molecular formula is C23H29FN2O4S. The Morgan fingerprint density at radius 1 is 1.29 bits per heavy atom. The van der Waals surface area contributed by atoms with Gasteiger partial charge in [-0.25, -0.2) is 12.8 Å². The van der Waals surface area contributed by atoms with E-state index < -0.39 is 33.4 Å². The van der Waals surface area contributed by atoms with Crippen LogP contribution in [0.3, 0.4) is 0 Å². The standard InChI is InChI=1S/C23H29FN2O4S/c1-6-19(26(31(5,28)29)20-10-8-7-9-17(20)24)22(27)25-18-14-23(3,4)30-21-13-15(2)11-12-16(18)21/h7-13,18-19H,6,14H2,1-5H3,(H,25,27)/t18-,19-/m0/s1. The van der Waals surface area contributed by atoms with Crippen molar-refractivity contribution in [3.63, 3.8) is 0 Å². The Morgan fingerprint density at radius 2 is 1.97 bits per heavy atom. The number of carbonyl (C=O) groups is 1. The highest BCUT2D eigenvalue weighted by Crippen LogP contribution is 2.40. The molecule has 1 N–H and O–H groups in total. The van der Waals surface area contributed by atoms with Crippen molar-refractivity contribution in [1.29, 1.82) is 0 Å². The number of benzene rings is 2. The fourth-order valence-corrected chi connectivity index (χ4v) is 5.23. The van der Waals surface area contributed by atoms with Crippen LogP contribution < -0.4 is 14.4 Å². The third kappa shape index (κ3) is 5.01. The predicted octanol–water partition coefficient (Wildman–Crippen LogP) is 4.10. The second-order valence-electron chi connectivity index (χ2n) is 8.60. The number of fused-ring (bicyclic) bond motifs is 1. The molecule has 0 radical (unpaired) electrons. The summed E-state index contributed by atoms with van der Waals surface area (Å²) in [5.74, 6) is -0.485. The van der Waals surface area contributed by atoms with Gasteiger partial charge in [0.2, 0.25) is 15.9 Å². The molecule has 1 aliphatic heterocycles. The summed E-state index contributed by atoms with van der Waals surface area (Å²) in [6, 6.07) is 9.89. The van der Waals surface area contributed by atoms with Gasteiger partial charge in [0.25, 0.3) is 0 Å². The maximum atomic E-state index is 14.5. The number of anilines is 1. The van der Waals surface area contributed by atoms with Gasteiger partial charge in [-0.15, -0.1) is 0 Å². The number of carbonyl (C=O) groups excluding carboxylic acids is 1. The van der Waals surface area contributed by atoms with Crippen LogP contribution in [0.4, 0.5) is 10.1 Å². The van der Waals surface area contributed by atoms with E-state index in [2.05, 4.69) is 5.32 Å². The van der Waals surface area contributed by atoms with Gasteiger partial charge in [-0.05, 0) is 51.0 Å². The van der Waals surface area contributed by atoms with Crippen LogP contribution in [0.1, 0.15) is 50.8 Å². The number of para-hydroxylation sites is 1. The summed E-state index contributed by atoms with van der Waals surface area (Å²) in [6.07, 6.45) is 1.68. The number of amides is 1. The summed E-state index contributed by atoms with van der Waals surface area (Å²) in [4.78, 5) is 13.3. The van der Waals surface area contributed by atoms with E-state index in [-0.39, 0.29) is 18.2 Å². The van der Waals surface area contributed by atoms with Crippen molar-refractivity contribution in [2.45, 2.75) is 58.2 Å². The van der Waals surface area contributed by atoms with Gasteiger partial charge in [0.1, 0.15) is 23.2 Å². The summed E-state index contributed by atoms with van der Waals surface area (Å²) >= 11 is 0. The van der Waals surface area contributed by atoms with E-state index in [9.17, 15) is 17.6 Å². The Morgan fingerprint density at radius 3 is 2.58 bits per heavy atom. The minimum atomic E-state index is -3.92. The zero-order valence-electron chi connectivity index (χ0n) is 18.5. The molecule has 3 rings (SSSR count). The molecule has 168 valence electrons. The highest BCUT2D eigenvalue weighted by atomic mass is 32.2. The highest BCUT2D eigenvalue weighted by Gasteiger charge is 2.38. The number of sulfonamides is 1. The van der Waals surface area contributed by atoms with Crippen LogP contribution in [0.5, 0.6) is 5.75 Å². The zero-order chi connectivity index (χ0) is 23.0. The van der Waals surface area contributed by atoms with Crippen molar-refractivity contribution >= 4 is 21.6 Å². The summed E-state index contributed by atoms with van der Waals surface area (Å²) in [5.41, 5.74) is 1.22. The van der Waals surface area contributed by atoms with E-state index in [1.807, 2.05) is 39.0 Å². The molecule has 0 saturated carbocycles. The Balaban J connectivity index is 1.96. The quantitative estimate of drug-likeness (QED) is 0.722. The average Bonchev–Trinajstić information content (AvgIpc) is 2.64. The molecular weight excluding hydrogens is 419 g/mol. The SMILES string of the molecule is CC[C@@H](C(=O)N[C@H]1CC(C)(C)Oc2cc(C)ccc21)N(c1ccccc1F)S(C)(=O)=O. The van der Waals surface area contributed by atoms with E-state index in [0.29, 0.717) is 12.2 Å². The zero-order valence-corrected chi connectivity index (χ0v) is 19.3. The fraction of sp³-hybridized carbons (Fsp3) is 0.435. The lowest BCUT2D eigenvalue weighted by atomic mass is 9.89. The topological polar surface area (TPSA) is 75.7 Å². The van der Waals surface area contributed by atoms with Gasteiger partial charge >= 0.3 is 0 Å². The van der Waals surface area contributed by atoms with Crippen molar-refractivity contribution in [2.24, 2.45) is 0 Å². The van der Waals surface area contributed by atoms with Crippen molar-refractivity contribution in [2.75, 3.05) is 10.6 Å². The van der Waals surface area contributed by atoms with Gasteiger partial charge in [-0.2, -0.15) is 0 Å². The van der Waals surface area contributed by atoms with Crippen LogP contribution in [-0.2, 0) is 14.8 Å². The lowest BCUT2D eigenvalue weighted by molar-refractivity contribution is -0.123. The first kappa shape index (κ1) is 23.1. The number of hydrogen-bond donors (Lipinski definition) is 1. The molecule has 1 amide bonds. The average molecular weight is 449 g/mol. The molecule has 0 unspecified atom stereocenters. The third-order valence-corrected chi connectivity index (χ3v) is 6.53. The lowest BCUT2D eigenvalue weighted by Crippen LogP contribution is -2.51. The van der Waals surface area contributed by atoms with Crippen LogP contribution in [-0.4, -0.2) is 32.2 Å². The molecule has 31 heavy (non-hydrogen) atoms. The van der Waals surface area contributed by atoms with E-state index in [0.717, 1.165) is 21.7 Å². The smallest absolute Gasteiger partial charge is 0.244 e. The molecule has 0 fully saturated rings. The third-order valence-electron chi connectivity index (χ3n) is 5.36. The Labute approximate surface area is 183 Å². The molecule has 0 aliphatic carbocycles. The Bertz CT molecular complexity index is 1080. The normalized spacial score (nSPS) is 18.5. The van der Waals surface area contributed by atoms with Crippen LogP contribution >= 0.6 is 0 Å². The van der Waals surface area contributed by atoms with Crippen LogP contribution in [0.2, 0.25) is 0 Å². The van der Waals surface area contributed by atoms with Crippen molar-refractivity contribution < 1.29 is 22.3 Å². The van der Waals surface area contributed by atoms with Gasteiger partial charge in [0.05, 0.1) is 18.0 Å². The molecule has 0 aromatic heterocycles. The van der Waals surface area contributed by atoms with Gasteiger partial charge in [0.15, 0.2) is 0 Å². The number of aryl methyl sites for hydroxylation is 1. The summed E-state index contributed by atoms with van der Waals surface area (Å²) in [7, 11) is -3.92. The van der Waals surface area contributed by atoms with Crippen molar-refractivity contribution in [1.82, 2.24) is 5.32 Å². The summed E-state index contributed by atoms with van der Waals surface area (Å²) < 4.78 is 46.6. The Hall–Kier alpha value is -2.61. The molecule has 6 nitrogen and oxygen atoms in total. The summed E-state index contributed by atoms with van der Waals surface area (Å²) in [6.45, 7) is 7.55. The fourth-order valence-electron chi connectivity index (χ4n) is 4.02. The number of hydrogen-bond acceptors (Lipinski definition) is 4. The number of halogens is 1. The highest BCUT2D eigenvalue weighted by molar-refractivity contribution is 7.92. The van der Waals surface area contributed by atoms with Gasteiger partial charge in [-0.3, -0.25) is 9.10 Å². The van der Waals surface area contributed by atoms with Crippen LogP contribution in [0, 0.1) is 12.7 Å². The molecule has 1 heterocycles. The number of rotatable bonds is 6. The van der Waals surface area contributed by atoms with E-state index >= 15 is 0 Å². The van der Waals surface area contributed by atoms with Gasteiger partial charge in [0, 0.05) is 12.0 Å². The molecule has 2 atom stereocenters. The predicted molar refractivity (Wildman–Crippen MR) is 119 cm³/mol. The van der Waals surface area contributed by atoms with E-state index in [4.69, 9.17) is 4.74 Å². The summed E-state index contributed by atoms with van der Waals surface area (Å²) in [5, 5.41) is 3.00. The van der Waals surface area contributed by atoms with Gasteiger partial charge in [-0.1, -0.05) is 31.2 Å². The van der Waals surface area contributed by atoms with Crippen molar-refractivity contribution in [3.8, 4) is 5.75 Å². The second-order valence-corrected chi connectivity index (χ2v) is 10.5. The Kier molecular flexibility index (Phi) is 6.32. The molecule has 8 heteroatoms. The second kappa shape index (κ2) is 8.49. The van der Waals surface area contributed by atoms with E-state index in [1.54, 1.807) is 13.0 Å². The molecule has 0 spiro atoms. The van der Waals surface area contributed by atoms with Crippen LogP contribution in [0.25, 0.3) is 0 Å². The first-order valence-electron chi connectivity index (χ1n) is 10.3. The molecule has 0 saturated heterocycles. The number of nitrogens with one attached hydrogen (secondary N) is 1. The monoisotopic (exact) mass is 448 g/mol. The largest absolute Gasteiger partial charge is 0.487 e. The maximum Gasteiger partial charge on any atom is 0.244 e. The minimum absolute atomic E-state index is 0.143. The lowest BCUT2D eigenvalue weighted by Gasteiger charge is -2.39. The first-order valence-corrected chi connectivity index (χ1v) is 12.1. The molecule has 1 aliphatic rings. The molecule has 0 bridgehead atoms. The van der Waals surface area contributed by atoms with E-state index in [1.165, 1.54) is 18.2 Å². The minimum Gasteiger partial charge on any atom is -0.487 e. The van der Waals surface area contributed by atoms with Crippen LogP contribution in [0.15, 0.2) is 42.5 Å². The van der Waals surface area contributed by atoms with Crippen molar-refractivity contribution in [3.05, 3.63) is 59.4 Å². The van der Waals surface area contributed by atoms with Gasteiger partial charge < -0.3 is 10.1 Å². The number of ether oxygens (including phenoxy) is 1. The first-order chi connectivity index (χ1) is 14.4. The maximum absolute atomic E-state index is 14.5. The number of nitrogens with zero attached hydrogens (tertiary/aromatic N) is 1. The molecule has 2 aromatic carbocycles.